The molecule has 0 saturated heterocycles. The molecule has 178 valence electrons. The van der Waals surface area contributed by atoms with Crippen molar-refractivity contribution in [2.24, 2.45) is 0 Å². The molecule has 6 nitrogen and oxygen atoms in total. The third kappa shape index (κ3) is 7.30. The van der Waals surface area contributed by atoms with Crippen LogP contribution in [0.4, 0.5) is 18.9 Å². The van der Waals surface area contributed by atoms with Crippen molar-refractivity contribution in [1.29, 1.82) is 0 Å². The third-order valence-corrected chi connectivity index (χ3v) is 6.65. The Morgan fingerprint density at radius 2 is 1.47 bits per heavy atom. The van der Waals surface area contributed by atoms with Gasteiger partial charge in [0.25, 0.3) is 5.63 Å². The Hall–Kier alpha value is -1.93. The lowest BCUT2D eigenvalue weighted by atomic mass is 10.2. The first kappa shape index (κ1) is 26.3. The molecule has 0 saturated carbocycles. The molecule has 0 aliphatic heterocycles. The monoisotopic (exact) mass is 495 g/mol. The van der Waals surface area contributed by atoms with Gasteiger partial charge >= 0.3 is 13.7 Å². The first-order valence-electron chi connectivity index (χ1n) is 9.79. The van der Waals surface area contributed by atoms with Gasteiger partial charge in [-0.05, 0) is 69.7 Å². The minimum absolute atomic E-state index is 0.0183. The number of phenolic OH excluding ortho intramolecular Hbond substituents is 1. The van der Waals surface area contributed by atoms with E-state index >= 15 is 0 Å². The predicted octanol–water partition coefficient (Wildman–Crippen LogP) is 7.05. The zero-order chi connectivity index (χ0) is 24.1. The van der Waals surface area contributed by atoms with Crippen molar-refractivity contribution >= 4 is 24.9 Å². The molecule has 32 heavy (non-hydrogen) atoms. The van der Waals surface area contributed by atoms with E-state index in [1.54, 1.807) is 39.8 Å². The van der Waals surface area contributed by atoms with Crippen LogP contribution in [0.2, 0.25) is 0 Å². The summed E-state index contributed by atoms with van der Waals surface area (Å²) in [6, 6.07) is 11.1. The Bertz CT molecular complexity index is 897. The molecule has 0 heterocycles. The van der Waals surface area contributed by atoms with Crippen LogP contribution < -0.4 is 10.1 Å². The lowest BCUT2D eigenvalue weighted by Gasteiger charge is -2.31. The number of ether oxygens (including phenoxy) is 1. The van der Waals surface area contributed by atoms with Crippen LogP contribution in [-0.2, 0) is 13.6 Å². The molecule has 0 aromatic heterocycles. The van der Waals surface area contributed by atoms with Crippen LogP contribution in [0, 0.1) is 0 Å². The summed E-state index contributed by atoms with van der Waals surface area (Å²) >= 11 is 4.80. The summed E-state index contributed by atoms with van der Waals surface area (Å²) in [7, 11) is -3.81. The summed E-state index contributed by atoms with van der Waals surface area (Å²) < 4.78 is 69.0. The van der Waals surface area contributed by atoms with Gasteiger partial charge < -0.3 is 24.2 Å². The molecule has 2 aromatic rings. The molecule has 2 atom stereocenters. The maximum absolute atomic E-state index is 13.8. The summed E-state index contributed by atoms with van der Waals surface area (Å²) in [6.07, 6.45) is -5.05. The Morgan fingerprint density at radius 1 is 0.969 bits per heavy atom. The molecule has 2 N–H and O–H groups in total. The number of hydrogen-bond donors (Lipinski definition) is 2. The zero-order valence-corrected chi connectivity index (χ0v) is 19.6. The van der Waals surface area contributed by atoms with E-state index in [9.17, 15) is 22.8 Å². The van der Waals surface area contributed by atoms with Crippen molar-refractivity contribution in [3.05, 3.63) is 54.1 Å². The summed E-state index contributed by atoms with van der Waals surface area (Å²) in [4.78, 5) is 0. The number of rotatable bonds is 11. The van der Waals surface area contributed by atoms with Crippen LogP contribution >= 0.6 is 19.2 Å². The number of benzene rings is 2. The maximum Gasteiger partial charge on any atom is 0.444 e. The topological polar surface area (TPSA) is 77.0 Å². The molecule has 0 fully saturated rings. The average molecular weight is 496 g/mol. The van der Waals surface area contributed by atoms with Crippen LogP contribution in [0.1, 0.15) is 39.0 Å². The highest BCUT2D eigenvalue weighted by Gasteiger charge is 2.42. The SMILES string of the molecule is CC(C)OP(=O)(OC(C)C)C(Nc1ccc(OC(F)(F)C(F)Cl)cc1)c1ccc(O)cc1. The van der Waals surface area contributed by atoms with Gasteiger partial charge in [-0.15, -0.1) is 0 Å². The molecule has 2 unspecified atom stereocenters. The van der Waals surface area contributed by atoms with Crippen LogP contribution in [0.5, 0.6) is 11.5 Å². The number of phenols is 1. The van der Waals surface area contributed by atoms with Gasteiger partial charge in [-0.2, -0.15) is 8.78 Å². The fraction of sp³-hybridized carbons (Fsp3) is 0.429. The van der Waals surface area contributed by atoms with E-state index in [4.69, 9.17) is 20.6 Å². The Labute approximate surface area is 190 Å². The first-order chi connectivity index (χ1) is 14.8. The van der Waals surface area contributed by atoms with Crippen LogP contribution in [0.15, 0.2) is 48.5 Å². The van der Waals surface area contributed by atoms with Crippen molar-refractivity contribution in [2.75, 3.05) is 5.32 Å². The summed E-state index contributed by atoms with van der Waals surface area (Å²) in [5.41, 5.74) is -2.13. The molecule has 2 aromatic carbocycles. The second-order valence-corrected chi connectivity index (χ2v) is 9.88. The summed E-state index contributed by atoms with van der Waals surface area (Å²) in [5, 5.41) is 12.7. The highest BCUT2D eigenvalue weighted by atomic mass is 35.5. The summed E-state index contributed by atoms with van der Waals surface area (Å²) in [6.45, 7) is 6.86. The van der Waals surface area contributed by atoms with E-state index in [-0.39, 0.29) is 11.5 Å². The molecule has 0 spiro atoms. The number of anilines is 1. The standard InChI is InChI=1S/C21H26ClF3NO5P/c1-13(2)30-32(28,31-14(3)4)19(15-5-9-17(27)10-6-15)26-16-7-11-18(12-8-16)29-21(24,25)20(22)23/h5-14,19-20,26-27H,1-4H3. The molecule has 11 heteroatoms. The fourth-order valence-electron chi connectivity index (χ4n) is 2.71. The number of hydrogen-bond acceptors (Lipinski definition) is 6. The van der Waals surface area contributed by atoms with Gasteiger partial charge in [-0.1, -0.05) is 23.7 Å². The maximum atomic E-state index is 13.8. The second-order valence-electron chi connectivity index (χ2n) is 7.48. The highest BCUT2D eigenvalue weighted by Crippen LogP contribution is 2.62. The van der Waals surface area contributed by atoms with Crippen LogP contribution in [0.3, 0.4) is 0 Å². The molecule has 0 aliphatic carbocycles. The highest BCUT2D eigenvalue weighted by molar-refractivity contribution is 7.54. The largest absolute Gasteiger partial charge is 0.508 e. The molecular formula is C21H26ClF3NO5P. The van der Waals surface area contributed by atoms with E-state index < -0.39 is 37.3 Å². The van der Waals surface area contributed by atoms with E-state index in [0.717, 1.165) is 0 Å². The van der Waals surface area contributed by atoms with E-state index in [1.165, 1.54) is 36.4 Å². The zero-order valence-electron chi connectivity index (χ0n) is 18.0. The van der Waals surface area contributed by atoms with E-state index in [0.29, 0.717) is 11.3 Å². The number of nitrogens with one attached hydrogen (secondary N) is 1. The van der Waals surface area contributed by atoms with Gasteiger partial charge in [0.15, 0.2) is 5.78 Å². The Kier molecular flexibility index (Phi) is 8.88. The third-order valence-electron chi connectivity index (χ3n) is 3.91. The second kappa shape index (κ2) is 10.8. The fourth-order valence-corrected chi connectivity index (χ4v) is 5.07. The van der Waals surface area contributed by atoms with Gasteiger partial charge in [0.2, 0.25) is 0 Å². The van der Waals surface area contributed by atoms with Crippen molar-refractivity contribution in [1.82, 2.24) is 0 Å². The lowest BCUT2D eigenvalue weighted by Crippen LogP contribution is -2.32. The van der Waals surface area contributed by atoms with Crippen molar-refractivity contribution in [3.63, 3.8) is 0 Å². The smallest absolute Gasteiger partial charge is 0.444 e. The van der Waals surface area contributed by atoms with Gasteiger partial charge in [-0.25, -0.2) is 4.39 Å². The quantitative estimate of drug-likeness (QED) is 0.257. The number of halogens is 4. The van der Waals surface area contributed by atoms with Crippen molar-refractivity contribution in [2.45, 2.75) is 57.4 Å². The van der Waals surface area contributed by atoms with Crippen LogP contribution in [-0.4, -0.2) is 29.1 Å². The molecule has 0 amide bonds. The van der Waals surface area contributed by atoms with Crippen molar-refractivity contribution < 1.29 is 36.6 Å². The van der Waals surface area contributed by atoms with E-state index in [2.05, 4.69) is 10.1 Å². The van der Waals surface area contributed by atoms with Gasteiger partial charge in [0.05, 0.1) is 12.2 Å². The van der Waals surface area contributed by atoms with Crippen molar-refractivity contribution in [3.8, 4) is 11.5 Å². The Balaban J connectivity index is 2.38. The number of alkyl halides is 4. The van der Waals surface area contributed by atoms with Gasteiger partial charge in [0.1, 0.15) is 11.5 Å². The minimum atomic E-state index is -4.20. The molecular weight excluding hydrogens is 470 g/mol. The first-order valence-corrected chi connectivity index (χ1v) is 11.8. The average Bonchev–Trinajstić information content (AvgIpc) is 2.66. The molecule has 0 aliphatic rings. The lowest BCUT2D eigenvalue weighted by molar-refractivity contribution is -0.199. The summed E-state index contributed by atoms with van der Waals surface area (Å²) in [5.74, 6) is -1.28. The predicted molar refractivity (Wildman–Crippen MR) is 117 cm³/mol. The molecule has 0 bridgehead atoms. The Morgan fingerprint density at radius 3 is 1.91 bits per heavy atom. The van der Waals surface area contributed by atoms with Gasteiger partial charge in [-0.3, -0.25) is 4.57 Å². The number of aromatic hydroxyl groups is 1. The van der Waals surface area contributed by atoms with Crippen LogP contribution in [0.25, 0.3) is 0 Å². The van der Waals surface area contributed by atoms with E-state index in [1.807, 2.05) is 0 Å². The van der Waals surface area contributed by atoms with Gasteiger partial charge in [0, 0.05) is 5.69 Å². The normalized spacial score (nSPS) is 14.4. The molecule has 2 rings (SSSR count). The molecule has 0 radical (unpaired) electrons. The minimum Gasteiger partial charge on any atom is -0.508 e.